The van der Waals surface area contributed by atoms with E-state index >= 15 is 0 Å². The number of hydrogen-bond acceptors (Lipinski definition) is 6. The van der Waals surface area contributed by atoms with E-state index in [1.165, 1.54) is 12.8 Å². The first-order valence-corrected chi connectivity index (χ1v) is 5.60. The SMILES string of the molecule is CC1(C)CC([NH3+])CC(C)(C)[NH2+]1.O=[N+]([O-])[O-].O=[N+]([O-])[O-]. The molecule has 0 atom stereocenters. The van der Waals surface area contributed by atoms with Gasteiger partial charge in [0.25, 0.3) is 0 Å². The van der Waals surface area contributed by atoms with Crippen LogP contribution in [-0.2, 0) is 0 Å². The second kappa shape index (κ2) is 7.69. The van der Waals surface area contributed by atoms with E-state index in [4.69, 9.17) is 30.6 Å². The van der Waals surface area contributed by atoms with Gasteiger partial charge in [-0.1, -0.05) is 0 Å². The Balaban J connectivity index is 0. The van der Waals surface area contributed by atoms with Crippen molar-refractivity contribution in [1.29, 1.82) is 0 Å². The van der Waals surface area contributed by atoms with Crippen molar-refractivity contribution in [1.82, 2.24) is 0 Å². The number of hydrogen-bond donors (Lipinski definition) is 2. The quantitative estimate of drug-likeness (QED) is 0.426. The maximum Gasteiger partial charge on any atom is 0.0965 e. The highest BCUT2D eigenvalue weighted by Gasteiger charge is 2.41. The lowest BCUT2D eigenvalue weighted by Gasteiger charge is -2.40. The second-order valence-electron chi connectivity index (χ2n) is 5.84. The lowest BCUT2D eigenvalue weighted by Crippen LogP contribution is -3.07. The van der Waals surface area contributed by atoms with Crippen LogP contribution in [0.4, 0.5) is 0 Å². The standard InChI is InChI=1S/C9H20N2.2NO3/c1-8(2)5-7(10)6-9(3,4)11-8;2*2-1(3)4/h7,11H,5-6,10H2,1-4H3;;/q;2*-1/p+2. The Bertz CT molecular complexity index is 271. The highest BCUT2D eigenvalue weighted by atomic mass is 16.9. The van der Waals surface area contributed by atoms with Crippen molar-refractivity contribution < 1.29 is 21.2 Å². The summed E-state index contributed by atoms with van der Waals surface area (Å²) >= 11 is 0. The van der Waals surface area contributed by atoms with Gasteiger partial charge in [-0.15, -0.1) is 0 Å². The maximum absolute atomic E-state index is 8.25. The summed E-state index contributed by atoms with van der Waals surface area (Å²) in [6.07, 6.45) is 2.49. The molecular formula is C9H22N4O6. The van der Waals surface area contributed by atoms with Crippen LogP contribution in [0.2, 0.25) is 0 Å². The molecule has 0 aliphatic carbocycles. The normalized spacial score (nSPS) is 20.1. The molecule has 0 aromatic carbocycles. The fourth-order valence-corrected chi connectivity index (χ4v) is 2.74. The van der Waals surface area contributed by atoms with E-state index in [1.807, 2.05) is 0 Å². The minimum atomic E-state index is -1.75. The lowest BCUT2D eigenvalue weighted by atomic mass is 9.80. The lowest BCUT2D eigenvalue weighted by molar-refractivity contribution is -0.796. The third kappa shape index (κ3) is 16.3. The van der Waals surface area contributed by atoms with Crippen molar-refractivity contribution in [3.63, 3.8) is 0 Å². The molecule has 19 heavy (non-hydrogen) atoms. The first kappa shape index (κ1) is 19.7. The Morgan fingerprint density at radius 3 is 1.32 bits per heavy atom. The molecule has 1 heterocycles. The Kier molecular flexibility index (Phi) is 7.95. The van der Waals surface area contributed by atoms with Crippen LogP contribution in [0.5, 0.6) is 0 Å². The molecule has 0 radical (unpaired) electrons. The van der Waals surface area contributed by atoms with Gasteiger partial charge >= 0.3 is 0 Å². The minimum Gasteiger partial charge on any atom is -0.356 e. The summed E-state index contributed by atoms with van der Waals surface area (Å²) in [7, 11) is 0. The van der Waals surface area contributed by atoms with Crippen LogP contribution >= 0.6 is 0 Å². The molecule has 10 heteroatoms. The molecule has 1 saturated heterocycles. The average molecular weight is 282 g/mol. The van der Waals surface area contributed by atoms with Gasteiger partial charge in [0, 0.05) is 0 Å². The molecule has 0 bridgehead atoms. The van der Waals surface area contributed by atoms with E-state index in [0.717, 1.165) is 0 Å². The molecule has 1 aliphatic heterocycles. The minimum absolute atomic E-state index is 0.397. The molecule has 0 aromatic rings. The van der Waals surface area contributed by atoms with Crippen molar-refractivity contribution in [2.24, 2.45) is 0 Å². The van der Waals surface area contributed by atoms with Gasteiger partial charge in [-0.05, 0) is 27.7 Å². The fraction of sp³-hybridized carbons (Fsp3) is 1.00. The van der Waals surface area contributed by atoms with Crippen LogP contribution in [-0.4, -0.2) is 27.3 Å². The molecule has 10 nitrogen and oxygen atoms in total. The van der Waals surface area contributed by atoms with E-state index in [-0.39, 0.29) is 0 Å². The molecule has 114 valence electrons. The molecular weight excluding hydrogens is 260 g/mol. The predicted molar refractivity (Wildman–Crippen MR) is 66.7 cm³/mol. The molecule has 1 fully saturated rings. The maximum atomic E-state index is 8.25. The van der Waals surface area contributed by atoms with E-state index < -0.39 is 10.2 Å². The first-order chi connectivity index (χ1) is 8.27. The molecule has 0 saturated carbocycles. The Morgan fingerprint density at radius 2 is 1.16 bits per heavy atom. The van der Waals surface area contributed by atoms with E-state index in [0.29, 0.717) is 17.1 Å². The van der Waals surface area contributed by atoms with Gasteiger partial charge in [0.05, 0.1) is 40.1 Å². The summed E-state index contributed by atoms with van der Waals surface area (Å²) in [4.78, 5) is 16.5. The topological polar surface area (TPSA) is 177 Å². The van der Waals surface area contributed by atoms with Gasteiger partial charge < -0.3 is 41.7 Å². The second-order valence-corrected chi connectivity index (χ2v) is 5.84. The summed E-state index contributed by atoms with van der Waals surface area (Å²) in [5, 5.41) is 32.0. The number of nitrogens with two attached hydrogens (primary N) is 1. The molecule has 0 unspecified atom stereocenters. The Labute approximate surface area is 110 Å². The summed E-state index contributed by atoms with van der Waals surface area (Å²) in [6, 6.07) is 0.644. The van der Waals surface area contributed by atoms with Crippen LogP contribution in [0, 0.1) is 30.6 Å². The smallest absolute Gasteiger partial charge is 0.0965 e. The summed E-state index contributed by atoms with van der Waals surface area (Å²) in [5.41, 5.74) is 4.96. The van der Waals surface area contributed by atoms with Gasteiger partial charge in [0.2, 0.25) is 0 Å². The Hall–Kier alpha value is -1.68. The zero-order valence-corrected chi connectivity index (χ0v) is 11.6. The van der Waals surface area contributed by atoms with Crippen molar-refractivity contribution in [2.75, 3.05) is 0 Å². The number of rotatable bonds is 0. The third-order valence-corrected chi connectivity index (χ3v) is 2.41. The van der Waals surface area contributed by atoms with Gasteiger partial charge in [-0.2, -0.15) is 0 Å². The summed E-state index contributed by atoms with van der Waals surface area (Å²) in [5.74, 6) is 0. The molecule has 0 amide bonds. The number of nitrogens with zero attached hydrogens (tertiary/aromatic N) is 2. The predicted octanol–water partition coefficient (Wildman–Crippen LogP) is -0.967. The zero-order valence-electron chi connectivity index (χ0n) is 11.6. The molecule has 1 aliphatic rings. The summed E-state index contributed by atoms with van der Waals surface area (Å²) < 4.78 is 0. The van der Waals surface area contributed by atoms with Crippen molar-refractivity contribution in [3.8, 4) is 0 Å². The van der Waals surface area contributed by atoms with Crippen molar-refractivity contribution >= 4 is 0 Å². The van der Waals surface area contributed by atoms with Gasteiger partial charge in [0.15, 0.2) is 0 Å². The van der Waals surface area contributed by atoms with Crippen LogP contribution in [0.3, 0.4) is 0 Å². The van der Waals surface area contributed by atoms with Crippen LogP contribution < -0.4 is 11.1 Å². The number of piperidine rings is 1. The molecule has 0 spiro atoms. The van der Waals surface area contributed by atoms with Crippen molar-refractivity contribution in [2.45, 2.75) is 57.7 Å². The molecule has 1 rings (SSSR count). The van der Waals surface area contributed by atoms with E-state index in [9.17, 15) is 0 Å². The molecule has 0 aromatic heterocycles. The van der Waals surface area contributed by atoms with Gasteiger partial charge in [-0.3, -0.25) is 0 Å². The van der Waals surface area contributed by atoms with Crippen molar-refractivity contribution in [3.05, 3.63) is 30.6 Å². The third-order valence-electron chi connectivity index (χ3n) is 2.41. The monoisotopic (exact) mass is 282 g/mol. The van der Waals surface area contributed by atoms with Gasteiger partial charge in [0.1, 0.15) is 0 Å². The zero-order chi connectivity index (χ0) is 15.9. The van der Waals surface area contributed by atoms with Gasteiger partial charge in [-0.25, -0.2) is 0 Å². The summed E-state index contributed by atoms with van der Waals surface area (Å²) in [6.45, 7) is 9.25. The number of quaternary nitrogens is 2. The van der Waals surface area contributed by atoms with Crippen LogP contribution in [0.25, 0.3) is 0 Å². The largest absolute Gasteiger partial charge is 0.356 e. The Morgan fingerprint density at radius 1 is 0.947 bits per heavy atom. The van der Waals surface area contributed by atoms with E-state index in [2.05, 4.69) is 38.7 Å². The highest BCUT2D eigenvalue weighted by molar-refractivity contribution is 4.82. The molecule has 5 N–H and O–H groups in total. The fourth-order valence-electron chi connectivity index (χ4n) is 2.74. The van der Waals surface area contributed by atoms with Crippen LogP contribution in [0.15, 0.2) is 0 Å². The van der Waals surface area contributed by atoms with Crippen LogP contribution in [0.1, 0.15) is 40.5 Å². The average Bonchev–Trinajstić information content (AvgIpc) is 1.91. The highest BCUT2D eigenvalue weighted by Crippen LogP contribution is 2.18. The van der Waals surface area contributed by atoms with E-state index in [1.54, 1.807) is 0 Å². The first-order valence-electron chi connectivity index (χ1n) is 5.60.